The minimum Gasteiger partial charge on any atom is -0.350 e. The number of para-hydroxylation sites is 1. The first kappa shape index (κ1) is 17.7. The third kappa shape index (κ3) is 3.09. The average Bonchev–Trinajstić information content (AvgIpc) is 2.95. The minimum absolute atomic E-state index is 0.297. The summed E-state index contributed by atoms with van der Waals surface area (Å²) in [4.78, 5) is 27.8. The maximum atomic E-state index is 13.3. The molecule has 4 rings (SSSR count). The molecule has 0 aliphatic carbocycles. The number of carbonyl (C=O) groups excluding carboxylic acids is 2. The zero-order valence-corrected chi connectivity index (χ0v) is 15.8. The van der Waals surface area contributed by atoms with Crippen LogP contribution in [0.1, 0.15) is 16.7 Å². The zero-order valence-electron chi connectivity index (χ0n) is 15.8. The molecule has 4 nitrogen and oxygen atoms in total. The van der Waals surface area contributed by atoms with Crippen molar-refractivity contribution in [1.29, 1.82) is 0 Å². The Morgan fingerprint density at radius 2 is 1.36 bits per heavy atom. The van der Waals surface area contributed by atoms with Crippen molar-refractivity contribution in [3.05, 3.63) is 101 Å². The molecule has 4 heteroatoms. The van der Waals surface area contributed by atoms with Crippen LogP contribution >= 0.6 is 0 Å². The summed E-state index contributed by atoms with van der Waals surface area (Å²) in [5.74, 6) is -0.674. The van der Waals surface area contributed by atoms with E-state index in [4.69, 9.17) is 0 Å². The number of aryl methyl sites for hydroxylation is 2. The fraction of sp³-hybridized carbons (Fsp3) is 0.0833. The third-order valence-corrected chi connectivity index (χ3v) is 4.84. The Labute approximate surface area is 164 Å². The van der Waals surface area contributed by atoms with Crippen LogP contribution in [0.4, 0.5) is 11.4 Å². The number of anilines is 2. The van der Waals surface area contributed by atoms with E-state index < -0.39 is 0 Å². The highest BCUT2D eigenvalue weighted by Crippen LogP contribution is 2.34. The largest absolute Gasteiger partial charge is 0.350 e. The smallest absolute Gasteiger partial charge is 0.282 e. The summed E-state index contributed by atoms with van der Waals surface area (Å²) < 4.78 is 0. The minimum atomic E-state index is -0.351. The van der Waals surface area contributed by atoms with Crippen LogP contribution < -0.4 is 10.2 Å². The quantitative estimate of drug-likeness (QED) is 0.679. The molecule has 138 valence electrons. The summed E-state index contributed by atoms with van der Waals surface area (Å²) in [6.07, 6.45) is 0. The number of imide groups is 1. The van der Waals surface area contributed by atoms with Gasteiger partial charge in [-0.05, 0) is 43.2 Å². The van der Waals surface area contributed by atoms with Gasteiger partial charge in [-0.25, -0.2) is 4.90 Å². The van der Waals surface area contributed by atoms with Crippen LogP contribution in [-0.2, 0) is 9.59 Å². The van der Waals surface area contributed by atoms with Crippen molar-refractivity contribution < 1.29 is 9.59 Å². The second-order valence-electron chi connectivity index (χ2n) is 6.84. The van der Waals surface area contributed by atoms with E-state index in [1.54, 1.807) is 12.1 Å². The normalized spacial score (nSPS) is 14.0. The van der Waals surface area contributed by atoms with Gasteiger partial charge in [0, 0.05) is 5.69 Å². The molecule has 0 fully saturated rings. The number of nitrogens with zero attached hydrogens (tertiary/aromatic N) is 1. The van der Waals surface area contributed by atoms with Crippen LogP contribution in [0.2, 0.25) is 0 Å². The number of rotatable bonds is 4. The monoisotopic (exact) mass is 368 g/mol. The predicted octanol–water partition coefficient (Wildman–Crippen LogP) is 4.70. The lowest BCUT2D eigenvalue weighted by atomic mass is 10.0. The molecule has 1 aliphatic heterocycles. The molecule has 1 heterocycles. The van der Waals surface area contributed by atoms with E-state index in [0.29, 0.717) is 22.5 Å². The molecule has 0 unspecified atom stereocenters. The van der Waals surface area contributed by atoms with E-state index in [1.165, 1.54) is 4.90 Å². The van der Waals surface area contributed by atoms with Gasteiger partial charge in [-0.15, -0.1) is 0 Å². The predicted molar refractivity (Wildman–Crippen MR) is 112 cm³/mol. The van der Waals surface area contributed by atoms with Crippen LogP contribution in [0.25, 0.3) is 5.57 Å². The van der Waals surface area contributed by atoms with E-state index in [2.05, 4.69) is 5.32 Å². The molecule has 0 spiro atoms. The number of amides is 2. The third-order valence-electron chi connectivity index (χ3n) is 4.84. The van der Waals surface area contributed by atoms with E-state index in [0.717, 1.165) is 16.8 Å². The Balaban J connectivity index is 1.83. The van der Waals surface area contributed by atoms with E-state index in [1.807, 2.05) is 80.6 Å². The lowest BCUT2D eigenvalue weighted by Gasteiger charge is -2.16. The van der Waals surface area contributed by atoms with Gasteiger partial charge in [0.2, 0.25) is 0 Å². The fourth-order valence-corrected chi connectivity index (χ4v) is 3.29. The highest BCUT2D eigenvalue weighted by atomic mass is 16.2. The Bertz CT molecular complexity index is 1080. The van der Waals surface area contributed by atoms with Gasteiger partial charge in [0.1, 0.15) is 5.70 Å². The molecule has 3 aromatic rings. The molecule has 0 atom stereocenters. The highest BCUT2D eigenvalue weighted by Gasteiger charge is 2.40. The lowest BCUT2D eigenvalue weighted by Crippen LogP contribution is -2.32. The van der Waals surface area contributed by atoms with E-state index in [-0.39, 0.29) is 11.8 Å². The van der Waals surface area contributed by atoms with Gasteiger partial charge in [-0.1, -0.05) is 66.2 Å². The number of carbonyl (C=O) groups is 2. The van der Waals surface area contributed by atoms with Crippen LogP contribution in [0.15, 0.2) is 84.6 Å². The van der Waals surface area contributed by atoms with Crippen molar-refractivity contribution in [1.82, 2.24) is 0 Å². The van der Waals surface area contributed by atoms with Gasteiger partial charge < -0.3 is 5.32 Å². The SMILES string of the molecule is Cc1ccc(N2C(=O)C(Nc3ccccc3C)=C(c3ccccc3)C2=O)cc1. The Kier molecular flexibility index (Phi) is 4.53. The topological polar surface area (TPSA) is 49.4 Å². The van der Waals surface area contributed by atoms with Crippen LogP contribution in [-0.4, -0.2) is 11.8 Å². The van der Waals surface area contributed by atoms with Crippen molar-refractivity contribution in [2.45, 2.75) is 13.8 Å². The molecule has 0 bridgehead atoms. The van der Waals surface area contributed by atoms with Crippen molar-refractivity contribution in [2.75, 3.05) is 10.2 Å². The van der Waals surface area contributed by atoms with E-state index >= 15 is 0 Å². The zero-order chi connectivity index (χ0) is 19.7. The van der Waals surface area contributed by atoms with Gasteiger partial charge >= 0.3 is 0 Å². The maximum absolute atomic E-state index is 13.3. The van der Waals surface area contributed by atoms with Crippen LogP contribution in [0.5, 0.6) is 0 Å². The molecule has 0 saturated carbocycles. The summed E-state index contributed by atoms with van der Waals surface area (Å²) in [5, 5.41) is 3.22. The first-order chi connectivity index (χ1) is 13.6. The summed E-state index contributed by atoms with van der Waals surface area (Å²) in [6, 6.07) is 24.4. The summed E-state index contributed by atoms with van der Waals surface area (Å²) >= 11 is 0. The van der Waals surface area contributed by atoms with Crippen molar-refractivity contribution in [3.63, 3.8) is 0 Å². The van der Waals surface area contributed by atoms with E-state index in [9.17, 15) is 9.59 Å². The molecule has 0 saturated heterocycles. The molecular weight excluding hydrogens is 348 g/mol. The van der Waals surface area contributed by atoms with Gasteiger partial charge in [-0.2, -0.15) is 0 Å². The number of nitrogens with one attached hydrogen (secondary N) is 1. The van der Waals surface area contributed by atoms with Crippen LogP contribution in [0, 0.1) is 13.8 Å². The summed E-state index contributed by atoms with van der Waals surface area (Å²) in [7, 11) is 0. The van der Waals surface area contributed by atoms with Crippen molar-refractivity contribution >= 4 is 28.8 Å². The molecule has 3 aromatic carbocycles. The van der Waals surface area contributed by atoms with Gasteiger partial charge in [-0.3, -0.25) is 9.59 Å². The number of hydrogen-bond donors (Lipinski definition) is 1. The van der Waals surface area contributed by atoms with Gasteiger partial charge in [0.15, 0.2) is 0 Å². The van der Waals surface area contributed by atoms with Gasteiger partial charge in [0.25, 0.3) is 11.8 Å². The molecule has 1 N–H and O–H groups in total. The molecule has 1 aliphatic rings. The number of benzene rings is 3. The number of hydrogen-bond acceptors (Lipinski definition) is 3. The average molecular weight is 368 g/mol. The van der Waals surface area contributed by atoms with Crippen molar-refractivity contribution in [2.24, 2.45) is 0 Å². The Morgan fingerprint density at radius 3 is 2.04 bits per heavy atom. The van der Waals surface area contributed by atoms with Crippen molar-refractivity contribution in [3.8, 4) is 0 Å². The molecular formula is C24H20N2O2. The second kappa shape index (κ2) is 7.16. The summed E-state index contributed by atoms with van der Waals surface area (Å²) in [5.41, 5.74) is 4.83. The standard InChI is InChI=1S/C24H20N2O2/c1-16-12-14-19(15-13-16)26-23(27)21(18-9-4-3-5-10-18)22(24(26)28)25-20-11-7-6-8-17(20)2/h3-15,25H,1-2H3. The molecule has 0 radical (unpaired) electrons. The Morgan fingerprint density at radius 1 is 0.714 bits per heavy atom. The Hall–Kier alpha value is -3.66. The second-order valence-corrected chi connectivity index (χ2v) is 6.84. The lowest BCUT2D eigenvalue weighted by molar-refractivity contribution is -0.120. The van der Waals surface area contributed by atoms with Crippen LogP contribution in [0.3, 0.4) is 0 Å². The molecule has 0 aromatic heterocycles. The first-order valence-corrected chi connectivity index (χ1v) is 9.14. The maximum Gasteiger partial charge on any atom is 0.282 e. The molecule has 2 amide bonds. The first-order valence-electron chi connectivity index (χ1n) is 9.14. The van der Waals surface area contributed by atoms with Gasteiger partial charge in [0.05, 0.1) is 11.3 Å². The highest BCUT2D eigenvalue weighted by molar-refractivity contribution is 6.46. The molecule has 28 heavy (non-hydrogen) atoms. The fourth-order valence-electron chi connectivity index (χ4n) is 3.29. The summed E-state index contributed by atoms with van der Waals surface area (Å²) in [6.45, 7) is 3.93.